The summed E-state index contributed by atoms with van der Waals surface area (Å²) in [5.74, 6) is -1.79. The summed E-state index contributed by atoms with van der Waals surface area (Å²) in [7, 11) is 0. The average molecular weight is 491 g/mol. The van der Waals surface area contributed by atoms with Crippen molar-refractivity contribution in [2.24, 2.45) is 0 Å². The Kier molecular flexibility index (Phi) is 7.32. The molecule has 35 heavy (non-hydrogen) atoms. The van der Waals surface area contributed by atoms with Gasteiger partial charge in [-0.3, -0.25) is 14.4 Å². The summed E-state index contributed by atoms with van der Waals surface area (Å²) >= 11 is 5.93. The number of Topliss-reactive ketones (excluding diaryl/α,β-unsaturated/α-hetero) is 1. The third-order valence-corrected chi connectivity index (χ3v) is 5.50. The molecule has 0 aliphatic heterocycles. The highest BCUT2D eigenvalue weighted by Gasteiger charge is 2.20. The molecular weight excluding hydrogens is 471 g/mol. The van der Waals surface area contributed by atoms with E-state index in [4.69, 9.17) is 11.6 Å². The van der Waals surface area contributed by atoms with E-state index in [1.807, 2.05) is 30.3 Å². The molecule has 7 nitrogen and oxygen atoms in total. The van der Waals surface area contributed by atoms with Crippen molar-refractivity contribution in [1.82, 2.24) is 9.97 Å². The van der Waals surface area contributed by atoms with Crippen LogP contribution in [0.15, 0.2) is 79.1 Å². The molecule has 0 saturated heterocycles. The van der Waals surface area contributed by atoms with Gasteiger partial charge in [-0.2, -0.15) is 0 Å². The van der Waals surface area contributed by atoms with E-state index in [-0.39, 0.29) is 34.2 Å². The van der Waals surface area contributed by atoms with Gasteiger partial charge in [-0.1, -0.05) is 41.9 Å². The Labute approximate surface area is 205 Å². The van der Waals surface area contributed by atoms with Crippen LogP contribution in [0.1, 0.15) is 43.3 Å². The lowest BCUT2D eigenvalue weighted by molar-refractivity contribution is 0.0959. The smallest absolute Gasteiger partial charge is 0.274 e. The second kappa shape index (κ2) is 10.8. The lowest BCUT2D eigenvalue weighted by atomic mass is 10.1. The predicted octanol–water partition coefficient (Wildman–Crippen LogP) is 5.52. The number of ketones is 1. The molecule has 0 aliphatic rings. The third-order valence-electron chi connectivity index (χ3n) is 5.19. The fourth-order valence-corrected chi connectivity index (χ4v) is 3.66. The minimum Gasteiger partial charge on any atom is -0.340 e. The fourth-order valence-electron chi connectivity index (χ4n) is 3.40. The standard InChI is InChI=1S/C26H20ClFN4O3/c27-21-14-17(28)7-12-20(21)25(34)31-18-8-10-19(11-9-18)32-26(35)24-23(29-15-30-24)22(33)13-6-16-4-2-1-3-5-16/h1-5,7-12,14-15H,6,13H2,(H,29,30)(H,31,34)(H,32,35). The molecule has 2 amide bonds. The highest BCUT2D eigenvalue weighted by molar-refractivity contribution is 6.34. The Hall–Kier alpha value is -4.30. The van der Waals surface area contributed by atoms with Crippen LogP contribution in [0.4, 0.5) is 15.8 Å². The molecule has 3 aromatic carbocycles. The number of rotatable bonds is 8. The maximum absolute atomic E-state index is 13.2. The first-order valence-corrected chi connectivity index (χ1v) is 11.1. The number of imidazole rings is 1. The molecule has 0 unspecified atom stereocenters. The zero-order chi connectivity index (χ0) is 24.8. The highest BCUT2D eigenvalue weighted by atomic mass is 35.5. The summed E-state index contributed by atoms with van der Waals surface area (Å²) in [6.45, 7) is 0. The number of aromatic nitrogens is 2. The number of hydrogen-bond donors (Lipinski definition) is 3. The van der Waals surface area contributed by atoms with Crippen molar-refractivity contribution < 1.29 is 18.8 Å². The van der Waals surface area contributed by atoms with Crippen LogP contribution in [-0.4, -0.2) is 27.6 Å². The quantitative estimate of drug-likeness (QED) is 0.283. The van der Waals surface area contributed by atoms with Crippen LogP contribution in [0.25, 0.3) is 0 Å². The van der Waals surface area contributed by atoms with Crippen LogP contribution in [0.2, 0.25) is 5.02 Å². The molecule has 0 aliphatic carbocycles. The molecule has 4 aromatic rings. The van der Waals surface area contributed by atoms with Gasteiger partial charge in [0, 0.05) is 17.8 Å². The van der Waals surface area contributed by atoms with Crippen LogP contribution in [0.3, 0.4) is 0 Å². The van der Waals surface area contributed by atoms with E-state index in [9.17, 15) is 18.8 Å². The Bertz CT molecular complexity index is 1370. The van der Waals surface area contributed by atoms with Gasteiger partial charge in [0.25, 0.3) is 11.8 Å². The summed E-state index contributed by atoms with van der Waals surface area (Å²) < 4.78 is 13.2. The predicted molar refractivity (Wildman–Crippen MR) is 131 cm³/mol. The first-order valence-electron chi connectivity index (χ1n) is 10.7. The largest absolute Gasteiger partial charge is 0.340 e. The van der Waals surface area contributed by atoms with Gasteiger partial charge < -0.3 is 15.6 Å². The normalized spacial score (nSPS) is 10.6. The fraction of sp³-hybridized carbons (Fsp3) is 0.0769. The molecule has 0 fully saturated rings. The Balaban J connectivity index is 1.37. The number of aryl methyl sites for hydroxylation is 1. The number of aromatic amines is 1. The summed E-state index contributed by atoms with van der Waals surface area (Å²) in [5.41, 5.74) is 2.21. The maximum atomic E-state index is 13.2. The Morgan fingerprint density at radius 2 is 1.54 bits per heavy atom. The van der Waals surface area contributed by atoms with E-state index in [2.05, 4.69) is 20.6 Å². The number of carbonyl (C=O) groups is 3. The lowest BCUT2D eigenvalue weighted by Crippen LogP contribution is -2.17. The molecule has 0 bridgehead atoms. The van der Waals surface area contributed by atoms with Gasteiger partial charge in [-0.25, -0.2) is 9.37 Å². The van der Waals surface area contributed by atoms with Crippen molar-refractivity contribution >= 4 is 40.6 Å². The SMILES string of the molecule is O=C(Nc1ccc(NC(=O)c2[nH]cnc2C(=O)CCc2ccccc2)cc1)c1ccc(F)cc1Cl. The summed E-state index contributed by atoms with van der Waals surface area (Å²) in [5, 5.41) is 5.36. The lowest BCUT2D eigenvalue weighted by Gasteiger charge is -2.09. The van der Waals surface area contributed by atoms with Crippen molar-refractivity contribution in [1.29, 1.82) is 0 Å². The first-order chi connectivity index (χ1) is 16.9. The van der Waals surface area contributed by atoms with Crippen molar-refractivity contribution in [3.63, 3.8) is 0 Å². The molecule has 176 valence electrons. The third kappa shape index (κ3) is 5.99. The number of nitrogens with one attached hydrogen (secondary N) is 3. The molecule has 0 saturated carbocycles. The number of carbonyl (C=O) groups excluding carboxylic acids is 3. The molecule has 0 radical (unpaired) electrons. The van der Waals surface area contributed by atoms with E-state index in [1.54, 1.807) is 24.3 Å². The van der Waals surface area contributed by atoms with Gasteiger partial charge in [-0.05, 0) is 54.4 Å². The second-order valence-corrected chi connectivity index (χ2v) is 8.05. The molecule has 9 heteroatoms. The molecular formula is C26H20ClFN4O3. The maximum Gasteiger partial charge on any atom is 0.274 e. The van der Waals surface area contributed by atoms with Crippen LogP contribution < -0.4 is 10.6 Å². The van der Waals surface area contributed by atoms with Gasteiger partial charge in [0.2, 0.25) is 0 Å². The number of anilines is 2. The highest BCUT2D eigenvalue weighted by Crippen LogP contribution is 2.20. The molecule has 0 spiro atoms. The van der Waals surface area contributed by atoms with Crippen LogP contribution in [0, 0.1) is 5.82 Å². The minimum absolute atomic E-state index is 0.0000561. The zero-order valence-electron chi connectivity index (χ0n) is 18.3. The Morgan fingerprint density at radius 3 is 2.20 bits per heavy atom. The number of hydrogen-bond acceptors (Lipinski definition) is 4. The van der Waals surface area contributed by atoms with Crippen molar-refractivity contribution in [2.45, 2.75) is 12.8 Å². The molecule has 0 atom stereocenters. The number of amides is 2. The Morgan fingerprint density at radius 1 is 0.886 bits per heavy atom. The van der Waals surface area contributed by atoms with E-state index in [1.165, 1.54) is 12.4 Å². The van der Waals surface area contributed by atoms with Gasteiger partial charge >= 0.3 is 0 Å². The average Bonchev–Trinajstić information content (AvgIpc) is 3.35. The molecule has 4 rings (SSSR count). The number of nitrogens with zero attached hydrogens (tertiary/aromatic N) is 1. The number of benzene rings is 3. The zero-order valence-corrected chi connectivity index (χ0v) is 19.1. The van der Waals surface area contributed by atoms with E-state index < -0.39 is 17.6 Å². The minimum atomic E-state index is -0.537. The summed E-state index contributed by atoms with van der Waals surface area (Å²) in [6.07, 6.45) is 2.08. The van der Waals surface area contributed by atoms with E-state index in [0.29, 0.717) is 17.8 Å². The monoisotopic (exact) mass is 490 g/mol. The number of halogens is 2. The van der Waals surface area contributed by atoms with E-state index >= 15 is 0 Å². The topological polar surface area (TPSA) is 104 Å². The first kappa shape index (κ1) is 23.8. The van der Waals surface area contributed by atoms with Crippen LogP contribution in [-0.2, 0) is 6.42 Å². The van der Waals surface area contributed by atoms with Crippen LogP contribution in [0.5, 0.6) is 0 Å². The second-order valence-electron chi connectivity index (χ2n) is 7.64. The van der Waals surface area contributed by atoms with Crippen molar-refractivity contribution in [3.8, 4) is 0 Å². The number of H-pyrrole nitrogens is 1. The van der Waals surface area contributed by atoms with Gasteiger partial charge in [0.1, 0.15) is 17.2 Å². The van der Waals surface area contributed by atoms with E-state index in [0.717, 1.165) is 17.7 Å². The van der Waals surface area contributed by atoms with Gasteiger partial charge in [0.05, 0.1) is 16.9 Å². The van der Waals surface area contributed by atoms with Gasteiger partial charge in [0.15, 0.2) is 5.78 Å². The molecule has 1 aromatic heterocycles. The van der Waals surface area contributed by atoms with Crippen LogP contribution >= 0.6 is 11.6 Å². The summed E-state index contributed by atoms with van der Waals surface area (Å²) in [6, 6.07) is 19.4. The molecule has 1 heterocycles. The summed E-state index contributed by atoms with van der Waals surface area (Å²) in [4.78, 5) is 44.5. The van der Waals surface area contributed by atoms with Gasteiger partial charge in [-0.15, -0.1) is 0 Å². The van der Waals surface area contributed by atoms with Crippen molar-refractivity contribution in [2.75, 3.05) is 10.6 Å². The molecule has 3 N–H and O–H groups in total. The van der Waals surface area contributed by atoms with Crippen molar-refractivity contribution in [3.05, 3.63) is 112 Å².